The molecule has 186 valence electrons. The first-order valence-electron chi connectivity index (χ1n) is 11.2. The number of carboxylic acids is 1. The number of ether oxygens (including phenoxy) is 2. The van der Waals surface area contributed by atoms with Gasteiger partial charge in [-0.05, 0) is 36.2 Å². The predicted octanol–water partition coefficient (Wildman–Crippen LogP) is 2.63. The van der Waals surface area contributed by atoms with Crippen LogP contribution in [0.3, 0.4) is 0 Å². The summed E-state index contributed by atoms with van der Waals surface area (Å²) in [6, 6.07) is 14.5. The first-order chi connectivity index (χ1) is 17.3. The van der Waals surface area contributed by atoms with Gasteiger partial charge in [-0.25, -0.2) is 19.5 Å². The second-order valence-electron chi connectivity index (χ2n) is 8.26. The number of urea groups is 1. The van der Waals surface area contributed by atoms with E-state index in [1.807, 2.05) is 0 Å². The SMILES string of the molecule is COc1ccccc1C(NC(=O)N1C(=O)[C@H](Cc2ccnc(N)c2)[C@H]1C(=O)O)c1ccccc1OC. The number of aliphatic carboxylic acids is 1. The largest absolute Gasteiger partial charge is 0.496 e. The lowest BCUT2D eigenvalue weighted by Gasteiger charge is -2.43. The van der Waals surface area contributed by atoms with Crippen LogP contribution in [0.15, 0.2) is 66.9 Å². The fraction of sp³-hybridized carbons (Fsp3) is 0.231. The number of amides is 3. The van der Waals surface area contributed by atoms with Crippen molar-refractivity contribution in [1.82, 2.24) is 15.2 Å². The van der Waals surface area contributed by atoms with Crippen LogP contribution in [0.5, 0.6) is 11.5 Å². The molecule has 0 aliphatic carbocycles. The van der Waals surface area contributed by atoms with Crippen LogP contribution in [0.1, 0.15) is 22.7 Å². The van der Waals surface area contributed by atoms with Gasteiger partial charge in [-0.15, -0.1) is 0 Å². The molecule has 1 aromatic heterocycles. The van der Waals surface area contributed by atoms with E-state index in [2.05, 4.69) is 10.3 Å². The maximum atomic E-state index is 13.4. The number of rotatable bonds is 8. The average molecular weight is 491 g/mol. The molecule has 1 saturated heterocycles. The summed E-state index contributed by atoms with van der Waals surface area (Å²) in [5, 5.41) is 12.7. The predicted molar refractivity (Wildman–Crippen MR) is 130 cm³/mol. The number of carbonyl (C=O) groups is 3. The molecule has 10 heteroatoms. The Kier molecular flexibility index (Phi) is 7.05. The Morgan fingerprint density at radius 3 is 2.17 bits per heavy atom. The monoisotopic (exact) mass is 490 g/mol. The van der Waals surface area contributed by atoms with Crippen LogP contribution in [0, 0.1) is 5.92 Å². The molecule has 1 aliphatic heterocycles. The third-order valence-corrected chi connectivity index (χ3v) is 6.15. The number of likely N-dealkylation sites (tertiary alicyclic amines) is 1. The number of nitrogens with zero attached hydrogens (tertiary/aromatic N) is 2. The van der Waals surface area contributed by atoms with Crippen molar-refractivity contribution >= 4 is 23.7 Å². The molecule has 4 N–H and O–H groups in total. The van der Waals surface area contributed by atoms with E-state index in [4.69, 9.17) is 15.2 Å². The number of para-hydroxylation sites is 2. The lowest BCUT2D eigenvalue weighted by atomic mass is 9.82. The number of carboxylic acid groups (broad SMARTS) is 1. The van der Waals surface area contributed by atoms with Gasteiger partial charge in [-0.1, -0.05) is 36.4 Å². The molecule has 36 heavy (non-hydrogen) atoms. The first kappa shape index (κ1) is 24.5. The van der Waals surface area contributed by atoms with Gasteiger partial charge < -0.3 is 25.6 Å². The summed E-state index contributed by atoms with van der Waals surface area (Å²) in [5.74, 6) is -1.50. The topological polar surface area (TPSA) is 144 Å². The fourth-order valence-corrected chi connectivity index (χ4v) is 4.46. The molecule has 1 aliphatic rings. The Labute approximate surface area is 207 Å². The van der Waals surface area contributed by atoms with Gasteiger partial charge >= 0.3 is 12.0 Å². The van der Waals surface area contributed by atoms with Crippen LogP contribution in [0.25, 0.3) is 0 Å². The maximum absolute atomic E-state index is 13.4. The van der Waals surface area contributed by atoms with Crippen molar-refractivity contribution < 1.29 is 29.0 Å². The van der Waals surface area contributed by atoms with Crippen molar-refractivity contribution in [3.05, 3.63) is 83.6 Å². The molecule has 1 fully saturated rings. The number of methoxy groups -OCH3 is 2. The number of nitrogen functional groups attached to an aromatic ring is 1. The quantitative estimate of drug-likeness (QED) is 0.409. The fourth-order valence-electron chi connectivity index (χ4n) is 4.46. The second-order valence-corrected chi connectivity index (χ2v) is 8.26. The Bertz CT molecular complexity index is 1250. The number of hydrogen-bond acceptors (Lipinski definition) is 7. The van der Waals surface area contributed by atoms with Gasteiger partial charge in [-0.2, -0.15) is 0 Å². The molecule has 3 amide bonds. The van der Waals surface area contributed by atoms with E-state index in [1.54, 1.807) is 60.7 Å². The number of imide groups is 1. The van der Waals surface area contributed by atoms with Gasteiger partial charge in [0.25, 0.3) is 0 Å². The van der Waals surface area contributed by atoms with Gasteiger partial charge in [0.15, 0.2) is 6.04 Å². The number of β-lactam (4-membered cyclic amide) rings is 1. The van der Waals surface area contributed by atoms with Crippen LogP contribution < -0.4 is 20.5 Å². The average Bonchev–Trinajstić information content (AvgIpc) is 2.88. The molecule has 10 nitrogen and oxygen atoms in total. The van der Waals surface area contributed by atoms with Gasteiger partial charge in [-0.3, -0.25) is 4.79 Å². The van der Waals surface area contributed by atoms with Crippen molar-refractivity contribution in [1.29, 1.82) is 0 Å². The van der Waals surface area contributed by atoms with Crippen LogP contribution in [-0.2, 0) is 16.0 Å². The number of hydrogen-bond donors (Lipinski definition) is 3. The molecule has 3 aromatic rings. The summed E-state index contributed by atoms with van der Waals surface area (Å²) in [7, 11) is 3.02. The van der Waals surface area contributed by atoms with E-state index in [9.17, 15) is 19.5 Å². The summed E-state index contributed by atoms with van der Waals surface area (Å²) >= 11 is 0. The van der Waals surface area contributed by atoms with Crippen molar-refractivity contribution in [2.45, 2.75) is 18.5 Å². The number of benzene rings is 2. The number of nitrogens with one attached hydrogen (secondary N) is 1. The number of carbonyl (C=O) groups excluding carboxylic acids is 2. The van der Waals surface area contributed by atoms with Crippen molar-refractivity contribution in [2.24, 2.45) is 5.92 Å². The summed E-state index contributed by atoms with van der Waals surface area (Å²) in [5.41, 5.74) is 7.59. The highest BCUT2D eigenvalue weighted by Crippen LogP contribution is 2.36. The van der Waals surface area contributed by atoms with Crippen LogP contribution in [0.2, 0.25) is 0 Å². The molecule has 4 rings (SSSR count). The molecule has 2 aromatic carbocycles. The van der Waals surface area contributed by atoms with E-state index < -0.39 is 35.9 Å². The third-order valence-electron chi connectivity index (χ3n) is 6.15. The third kappa shape index (κ3) is 4.65. The van der Waals surface area contributed by atoms with Gasteiger partial charge in [0.2, 0.25) is 5.91 Å². The first-order valence-corrected chi connectivity index (χ1v) is 11.2. The maximum Gasteiger partial charge on any atom is 0.327 e. The lowest BCUT2D eigenvalue weighted by molar-refractivity contribution is -0.165. The minimum atomic E-state index is -1.33. The van der Waals surface area contributed by atoms with E-state index in [-0.39, 0.29) is 12.2 Å². The zero-order chi connectivity index (χ0) is 25.8. The van der Waals surface area contributed by atoms with E-state index in [0.717, 1.165) is 4.90 Å². The highest BCUT2D eigenvalue weighted by molar-refractivity contribution is 6.07. The Balaban J connectivity index is 1.64. The lowest BCUT2D eigenvalue weighted by Crippen LogP contribution is -2.68. The highest BCUT2D eigenvalue weighted by atomic mass is 16.5. The van der Waals surface area contributed by atoms with E-state index in [0.29, 0.717) is 28.2 Å². The van der Waals surface area contributed by atoms with Crippen LogP contribution in [0.4, 0.5) is 10.6 Å². The Morgan fingerprint density at radius 1 is 1.06 bits per heavy atom. The standard InChI is InChI=1S/C26H26N4O6/c1-35-19-9-5-3-7-16(19)22(17-8-4-6-10-20(17)36-2)29-26(34)30-23(25(32)33)18(24(30)31)13-15-11-12-28-21(27)14-15/h3-12,14,18,22-23H,13H2,1-2H3,(H2,27,28)(H,29,34)(H,32,33)/t18-,23+/m1/s1. The summed E-state index contributed by atoms with van der Waals surface area (Å²) < 4.78 is 11.0. The molecule has 0 unspecified atom stereocenters. The number of nitrogens with two attached hydrogens (primary N) is 1. The minimum absolute atomic E-state index is 0.120. The van der Waals surface area contributed by atoms with Crippen LogP contribution >= 0.6 is 0 Å². The zero-order valence-corrected chi connectivity index (χ0v) is 19.8. The van der Waals surface area contributed by atoms with Crippen LogP contribution in [-0.4, -0.2) is 53.2 Å². The molecule has 2 atom stereocenters. The second kappa shape index (κ2) is 10.3. The molecular formula is C26H26N4O6. The molecule has 0 bridgehead atoms. The highest BCUT2D eigenvalue weighted by Gasteiger charge is 2.55. The smallest absolute Gasteiger partial charge is 0.327 e. The summed E-state index contributed by atoms with van der Waals surface area (Å²) in [6.07, 6.45) is 1.61. The normalized spacial score (nSPS) is 16.9. The summed E-state index contributed by atoms with van der Waals surface area (Å²) in [6.45, 7) is 0. The van der Waals surface area contributed by atoms with Crippen molar-refractivity contribution in [2.75, 3.05) is 20.0 Å². The molecule has 0 spiro atoms. The Morgan fingerprint density at radius 2 is 1.64 bits per heavy atom. The van der Waals surface area contributed by atoms with Gasteiger partial charge in [0.05, 0.1) is 26.2 Å². The molecular weight excluding hydrogens is 464 g/mol. The zero-order valence-electron chi connectivity index (χ0n) is 19.8. The van der Waals surface area contributed by atoms with Gasteiger partial charge in [0, 0.05) is 17.3 Å². The number of anilines is 1. The van der Waals surface area contributed by atoms with Crippen molar-refractivity contribution in [3.63, 3.8) is 0 Å². The molecule has 2 heterocycles. The summed E-state index contributed by atoms with van der Waals surface area (Å²) in [4.78, 5) is 43.1. The van der Waals surface area contributed by atoms with Crippen molar-refractivity contribution in [3.8, 4) is 11.5 Å². The number of aromatic nitrogens is 1. The number of pyridine rings is 1. The minimum Gasteiger partial charge on any atom is -0.496 e. The van der Waals surface area contributed by atoms with Gasteiger partial charge in [0.1, 0.15) is 17.3 Å². The Hall–Kier alpha value is -4.60. The van der Waals surface area contributed by atoms with E-state index in [1.165, 1.54) is 20.4 Å². The van der Waals surface area contributed by atoms with E-state index >= 15 is 0 Å². The molecule has 0 saturated carbocycles. The molecule has 0 radical (unpaired) electrons.